The Kier molecular flexibility index (Phi) is 6.70. The molecule has 2 aromatic carbocycles. The summed E-state index contributed by atoms with van der Waals surface area (Å²) in [6.45, 7) is 0. The van der Waals surface area contributed by atoms with E-state index in [0.29, 0.717) is 35.5 Å². The van der Waals surface area contributed by atoms with Crippen LogP contribution >= 0.6 is 11.6 Å². The van der Waals surface area contributed by atoms with Gasteiger partial charge in [0.05, 0.1) is 23.9 Å². The number of fused-ring (bicyclic) bond motifs is 3. The summed E-state index contributed by atoms with van der Waals surface area (Å²) in [7, 11) is -2.74. The highest BCUT2D eigenvalue weighted by molar-refractivity contribution is 7.91. The van der Waals surface area contributed by atoms with Crippen molar-refractivity contribution in [3.05, 3.63) is 64.1 Å². The molecule has 0 saturated carbocycles. The number of ether oxygens (including phenoxy) is 1. The maximum absolute atomic E-state index is 14.7. The maximum Gasteiger partial charge on any atom is 0.306 e. The number of halogens is 4. The van der Waals surface area contributed by atoms with E-state index in [1.807, 2.05) is 0 Å². The zero-order valence-electron chi connectivity index (χ0n) is 18.5. The molecule has 0 unspecified atom stereocenters. The number of methoxy groups -OCH3 is 1. The van der Waals surface area contributed by atoms with Gasteiger partial charge in [0.1, 0.15) is 11.9 Å². The molecule has 1 heterocycles. The fourth-order valence-electron chi connectivity index (χ4n) is 4.95. The summed E-state index contributed by atoms with van der Waals surface area (Å²) in [6.07, 6.45) is -0.473. The van der Waals surface area contributed by atoms with Crippen LogP contribution in [-0.2, 0) is 25.8 Å². The fourth-order valence-corrected chi connectivity index (χ4v) is 5.96. The number of nitrogens with zero attached hydrogens (tertiary/aromatic N) is 1. The van der Waals surface area contributed by atoms with Crippen molar-refractivity contribution in [1.82, 2.24) is 4.57 Å². The van der Waals surface area contributed by atoms with Crippen molar-refractivity contribution in [3.63, 3.8) is 0 Å². The molecule has 2 atom stereocenters. The largest absolute Gasteiger partial charge is 0.469 e. The fraction of sp³-hybridized carbons (Fsp3) is 0.375. The molecule has 0 amide bonds. The molecule has 0 saturated heterocycles. The summed E-state index contributed by atoms with van der Waals surface area (Å²) >= 11 is 5.96. The van der Waals surface area contributed by atoms with Crippen molar-refractivity contribution >= 4 is 38.3 Å². The number of rotatable bonds is 6. The lowest BCUT2D eigenvalue weighted by Crippen LogP contribution is -2.25. The third-order valence-corrected chi connectivity index (χ3v) is 7.67. The molecule has 0 bridgehead atoms. The second kappa shape index (κ2) is 9.26. The molecule has 4 rings (SSSR count). The van der Waals surface area contributed by atoms with Crippen LogP contribution in [0.4, 0.5) is 13.2 Å². The van der Waals surface area contributed by atoms with Crippen LogP contribution in [0, 0.1) is 5.82 Å². The van der Waals surface area contributed by atoms with E-state index < -0.39 is 40.0 Å². The highest BCUT2D eigenvalue weighted by Crippen LogP contribution is 2.46. The lowest BCUT2D eigenvalue weighted by Gasteiger charge is -2.29. The number of hydrogen-bond acceptors (Lipinski definition) is 4. The Labute approximate surface area is 200 Å². The first-order valence-corrected chi connectivity index (χ1v) is 13.0. The normalized spacial score (nSPS) is 17.1. The van der Waals surface area contributed by atoms with E-state index in [-0.39, 0.29) is 27.8 Å². The topological polar surface area (TPSA) is 65.4 Å². The highest BCUT2D eigenvalue weighted by Gasteiger charge is 2.37. The molecule has 0 fully saturated rings. The van der Waals surface area contributed by atoms with Crippen LogP contribution in [0.1, 0.15) is 48.0 Å². The summed E-state index contributed by atoms with van der Waals surface area (Å²) < 4.78 is 75.6. The second-order valence-electron chi connectivity index (χ2n) is 8.51. The minimum Gasteiger partial charge on any atom is -0.469 e. The second-order valence-corrected chi connectivity index (χ2v) is 10.9. The Balaban J connectivity index is 2.14. The van der Waals surface area contributed by atoms with E-state index in [0.717, 1.165) is 12.3 Å². The molecule has 5 nitrogen and oxygen atoms in total. The van der Waals surface area contributed by atoms with Gasteiger partial charge in [0.2, 0.25) is 0 Å². The summed E-state index contributed by atoms with van der Waals surface area (Å²) in [5.41, 5.74) is 1.23. The van der Waals surface area contributed by atoms with Crippen LogP contribution in [0.2, 0.25) is 5.02 Å². The Hall–Kier alpha value is -2.52. The van der Waals surface area contributed by atoms with Gasteiger partial charge in [0, 0.05) is 28.3 Å². The molecular formula is C24H23ClF3NO4S. The van der Waals surface area contributed by atoms with Crippen molar-refractivity contribution < 1.29 is 31.1 Å². The molecule has 0 N–H and O–H groups in total. The predicted molar refractivity (Wildman–Crippen MR) is 123 cm³/mol. The molecule has 1 aliphatic carbocycles. The zero-order chi connectivity index (χ0) is 24.8. The third-order valence-electron chi connectivity index (χ3n) is 6.31. The highest BCUT2D eigenvalue weighted by atomic mass is 35.5. The smallest absolute Gasteiger partial charge is 0.306 e. The Morgan fingerprint density at radius 1 is 1.24 bits per heavy atom. The molecule has 1 aromatic heterocycles. The zero-order valence-corrected chi connectivity index (χ0v) is 20.1. The van der Waals surface area contributed by atoms with Gasteiger partial charge in [-0.25, -0.2) is 21.6 Å². The van der Waals surface area contributed by atoms with E-state index in [2.05, 4.69) is 0 Å². The molecule has 1 aliphatic rings. The summed E-state index contributed by atoms with van der Waals surface area (Å²) in [4.78, 5) is 11.8. The van der Waals surface area contributed by atoms with Gasteiger partial charge in [-0.15, -0.1) is 0 Å². The van der Waals surface area contributed by atoms with Crippen molar-refractivity contribution in [3.8, 4) is 0 Å². The number of carbonyl (C=O) groups excluding carboxylic acids is 1. The third kappa shape index (κ3) is 4.43. The van der Waals surface area contributed by atoms with Crippen LogP contribution in [0.5, 0.6) is 0 Å². The number of hydrogen-bond donors (Lipinski definition) is 0. The van der Waals surface area contributed by atoms with Crippen LogP contribution in [0.25, 0.3) is 10.9 Å². The van der Waals surface area contributed by atoms with Crippen LogP contribution in [0.15, 0.2) is 41.3 Å². The van der Waals surface area contributed by atoms with Crippen LogP contribution in [0.3, 0.4) is 0 Å². The lowest BCUT2D eigenvalue weighted by atomic mass is 9.84. The Morgan fingerprint density at radius 2 is 1.91 bits per heavy atom. The van der Waals surface area contributed by atoms with Crippen molar-refractivity contribution in [2.24, 2.45) is 0 Å². The first-order chi connectivity index (χ1) is 16.0. The number of esters is 1. The molecule has 182 valence electrons. The molecule has 0 spiro atoms. The maximum atomic E-state index is 14.7. The number of aryl methyl sites for hydroxylation is 1. The minimum absolute atomic E-state index is 0.0194. The number of sulfone groups is 1. The quantitative estimate of drug-likeness (QED) is 0.398. The number of benzene rings is 2. The molecule has 0 radical (unpaired) electrons. The molecule has 34 heavy (non-hydrogen) atoms. The Morgan fingerprint density at radius 3 is 2.50 bits per heavy atom. The van der Waals surface area contributed by atoms with Crippen LogP contribution < -0.4 is 0 Å². The monoisotopic (exact) mass is 513 g/mol. The van der Waals surface area contributed by atoms with Gasteiger partial charge in [-0.2, -0.15) is 0 Å². The molecule has 10 heteroatoms. The van der Waals surface area contributed by atoms with E-state index >= 15 is 0 Å². The average molecular weight is 514 g/mol. The van der Waals surface area contributed by atoms with Gasteiger partial charge in [-0.3, -0.25) is 4.79 Å². The number of carbonyl (C=O) groups is 1. The van der Waals surface area contributed by atoms with Gasteiger partial charge in [0.15, 0.2) is 9.84 Å². The van der Waals surface area contributed by atoms with Crippen LogP contribution in [-0.4, -0.2) is 38.7 Å². The van der Waals surface area contributed by atoms with Gasteiger partial charge in [-0.1, -0.05) is 23.7 Å². The number of aromatic nitrogens is 1. The molecule has 0 aliphatic heterocycles. The SMILES string of the molecule is COC(=O)C[C@H]1CCCc2c1n([C@H](c1ccc(Cl)cc1)C(F)F)c1c(S(C)(=O)=O)cc(F)cc21. The Bertz CT molecular complexity index is 1350. The van der Waals surface area contributed by atoms with Crippen molar-refractivity contribution in [2.45, 2.75) is 49.0 Å². The van der Waals surface area contributed by atoms with E-state index in [9.17, 15) is 26.4 Å². The van der Waals surface area contributed by atoms with E-state index in [1.54, 1.807) is 0 Å². The van der Waals surface area contributed by atoms with E-state index in [1.165, 1.54) is 42.0 Å². The average Bonchev–Trinajstić information content (AvgIpc) is 3.08. The van der Waals surface area contributed by atoms with Gasteiger partial charge < -0.3 is 9.30 Å². The molecule has 3 aromatic rings. The summed E-state index contributed by atoms with van der Waals surface area (Å²) in [5, 5.41) is 0.628. The van der Waals surface area contributed by atoms with Crippen molar-refractivity contribution in [2.75, 3.05) is 13.4 Å². The number of alkyl halides is 2. The first kappa shape index (κ1) is 24.6. The summed E-state index contributed by atoms with van der Waals surface area (Å²) in [6, 6.07) is 6.34. The van der Waals surface area contributed by atoms with E-state index in [4.69, 9.17) is 16.3 Å². The first-order valence-electron chi connectivity index (χ1n) is 10.7. The van der Waals surface area contributed by atoms with Gasteiger partial charge >= 0.3 is 5.97 Å². The molecular weight excluding hydrogens is 491 g/mol. The summed E-state index contributed by atoms with van der Waals surface area (Å²) in [5.74, 6) is -1.78. The predicted octanol–water partition coefficient (Wildman–Crippen LogP) is 5.67. The lowest BCUT2D eigenvalue weighted by molar-refractivity contribution is -0.141. The minimum atomic E-state index is -3.99. The van der Waals surface area contributed by atoms with Crippen molar-refractivity contribution in [1.29, 1.82) is 0 Å². The van der Waals surface area contributed by atoms with Gasteiger partial charge in [0.25, 0.3) is 6.43 Å². The standard InChI is InChI=1S/C24H23ClF3NO4S/c1-33-20(30)10-14-4-3-5-17-18-11-16(26)12-19(34(2,31)32)23(18)29(21(14)17)22(24(27)28)13-6-8-15(25)9-7-13/h6-9,11-12,14,22,24H,3-5,10H2,1-2H3/t14-,22-/m1/s1. The van der Waals surface area contributed by atoms with Gasteiger partial charge in [-0.05, 0) is 54.7 Å².